The molecule has 0 saturated carbocycles. The van der Waals surface area contributed by atoms with Crippen LogP contribution in [0.25, 0.3) is 0 Å². The summed E-state index contributed by atoms with van der Waals surface area (Å²) in [6.45, 7) is 5.51. The van der Waals surface area contributed by atoms with Crippen LogP contribution in [-0.4, -0.2) is 42.3 Å². The number of methoxy groups -OCH3 is 1. The van der Waals surface area contributed by atoms with Gasteiger partial charge in [0.25, 0.3) is 0 Å². The van der Waals surface area contributed by atoms with Crippen LogP contribution in [-0.2, 0) is 22.6 Å². The Morgan fingerprint density at radius 3 is 3.11 bits per heavy atom. The van der Waals surface area contributed by atoms with Crippen LogP contribution in [0, 0.1) is 0 Å². The Balaban J connectivity index is 2.29. The summed E-state index contributed by atoms with van der Waals surface area (Å²) in [5.41, 5.74) is 1.10. The van der Waals surface area contributed by atoms with Gasteiger partial charge in [-0.05, 0) is 6.54 Å². The average molecular weight is 254 g/mol. The molecule has 0 fully saturated rings. The smallest absolute Gasteiger partial charge is 0.221 e. The lowest BCUT2D eigenvalue weighted by Gasteiger charge is -2.08. The first-order chi connectivity index (χ1) is 8.77. The van der Waals surface area contributed by atoms with Crippen molar-refractivity contribution in [2.24, 2.45) is 0 Å². The molecule has 0 bridgehead atoms. The molecule has 0 saturated heterocycles. The molecule has 1 rings (SSSR count). The summed E-state index contributed by atoms with van der Waals surface area (Å²) in [7, 11) is 1.62. The zero-order valence-corrected chi connectivity index (χ0v) is 11.1. The number of hydrogen-bond acceptors (Lipinski definition) is 4. The highest BCUT2D eigenvalue weighted by atomic mass is 16.5. The highest BCUT2D eigenvalue weighted by molar-refractivity contribution is 5.75. The maximum atomic E-state index is 11.5. The van der Waals surface area contributed by atoms with Crippen molar-refractivity contribution in [3.63, 3.8) is 0 Å². The zero-order chi connectivity index (χ0) is 13.2. The second-order valence-corrected chi connectivity index (χ2v) is 3.95. The number of rotatable bonds is 9. The van der Waals surface area contributed by atoms with Crippen molar-refractivity contribution in [1.29, 1.82) is 0 Å². The maximum absolute atomic E-state index is 11.5. The molecule has 0 aliphatic carbocycles. The monoisotopic (exact) mass is 254 g/mol. The number of imidazole rings is 1. The van der Waals surface area contributed by atoms with Crippen LogP contribution < -0.4 is 10.6 Å². The molecular weight excluding hydrogens is 232 g/mol. The molecule has 1 aromatic rings. The van der Waals surface area contributed by atoms with Crippen molar-refractivity contribution in [3.8, 4) is 0 Å². The molecular formula is C12H22N4O2. The van der Waals surface area contributed by atoms with Crippen LogP contribution >= 0.6 is 0 Å². The second-order valence-electron chi connectivity index (χ2n) is 3.95. The van der Waals surface area contributed by atoms with Crippen molar-refractivity contribution >= 4 is 5.91 Å². The van der Waals surface area contributed by atoms with E-state index in [1.807, 2.05) is 10.8 Å². The fraction of sp³-hybridized carbons (Fsp3) is 0.667. The molecule has 6 nitrogen and oxygen atoms in total. The van der Waals surface area contributed by atoms with Crippen molar-refractivity contribution < 1.29 is 9.53 Å². The lowest BCUT2D eigenvalue weighted by molar-refractivity contribution is -0.121. The highest BCUT2D eigenvalue weighted by Crippen LogP contribution is 2.00. The molecule has 0 atom stereocenters. The Kier molecular flexibility index (Phi) is 7.05. The van der Waals surface area contributed by atoms with Gasteiger partial charge in [0.15, 0.2) is 0 Å². The molecule has 18 heavy (non-hydrogen) atoms. The van der Waals surface area contributed by atoms with E-state index >= 15 is 0 Å². The number of aromatic nitrogens is 2. The van der Waals surface area contributed by atoms with Gasteiger partial charge in [-0.25, -0.2) is 4.98 Å². The molecule has 0 radical (unpaired) electrons. The lowest BCUT2D eigenvalue weighted by atomic mass is 10.3. The van der Waals surface area contributed by atoms with Crippen LogP contribution in [0.1, 0.15) is 19.0 Å². The largest absolute Gasteiger partial charge is 0.383 e. The van der Waals surface area contributed by atoms with Gasteiger partial charge in [0, 0.05) is 39.4 Å². The van der Waals surface area contributed by atoms with Crippen molar-refractivity contribution in [2.75, 3.05) is 26.8 Å². The second kappa shape index (κ2) is 8.66. The molecule has 2 N–H and O–H groups in total. The van der Waals surface area contributed by atoms with Crippen LogP contribution in [0.3, 0.4) is 0 Å². The van der Waals surface area contributed by atoms with Gasteiger partial charge < -0.3 is 19.9 Å². The lowest BCUT2D eigenvalue weighted by Crippen LogP contribution is -2.28. The van der Waals surface area contributed by atoms with E-state index in [2.05, 4.69) is 22.5 Å². The molecule has 1 amide bonds. The van der Waals surface area contributed by atoms with Gasteiger partial charge in [0.05, 0.1) is 18.6 Å². The predicted octanol–water partition coefficient (Wildman–Crippen LogP) is 0.145. The van der Waals surface area contributed by atoms with Crippen LogP contribution in [0.15, 0.2) is 12.5 Å². The third-order valence-corrected chi connectivity index (χ3v) is 2.56. The van der Waals surface area contributed by atoms with E-state index in [9.17, 15) is 4.79 Å². The summed E-state index contributed by atoms with van der Waals surface area (Å²) < 4.78 is 6.87. The first-order valence-electron chi connectivity index (χ1n) is 6.23. The first-order valence-corrected chi connectivity index (χ1v) is 6.23. The Morgan fingerprint density at radius 2 is 2.39 bits per heavy atom. The summed E-state index contributed by atoms with van der Waals surface area (Å²) in [5.74, 6) is 0.0372. The number of aryl methyl sites for hydroxylation is 1. The van der Waals surface area contributed by atoms with Gasteiger partial charge in [-0.3, -0.25) is 4.79 Å². The number of nitrogens with zero attached hydrogens (tertiary/aromatic N) is 2. The Morgan fingerprint density at radius 1 is 1.56 bits per heavy atom. The van der Waals surface area contributed by atoms with E-state index in [-0.39, 0.29) is 5.91 Å². The summed E-state index contributed by atoms with van der Waals surface area (Å²) in [6.07, 6.45) is 4.04. The normalized spacial score (nSPS) is 10.6. The molecule has 0 spiro atoms. The van der Waals surface area contributed by atoms with E-state index in [0.29, 0.717) is 26.1 Å². The van der Waals surface area contributed by atoms with Crippen molar-refractivity contribution in [1.82, 2.24) is 20.2 Å². The van der Waals surface area contributed by atoms with Crippen molar-refractivity contribution in [3.05, 3.63) is 18.2 Å². The minimum Gasteiger partial charge on any atom is -0.383 e. The Hall–Kier alpha value is -1.40. The van der Waals surface area contributed by atoms with Gasteiger partial charge in [0.2, 0.25) is 5.91 Å². The number of carbonyl (C=O) groups is 1. The molecule has 1 heterocycles. The van der Waals surface area contributed by atoms with E-state index in [4.69, 9.17) is 4.74 Å². The Labute approximate surface area is 108 Å². The predicted molar refractivity (Wildman–Crippen MR) is 69.1 cm³/mol. The molecule has 0 aliphatic rings. The van der Waals surface area contributed by atoms with Gasteiger partial charge in [0.1, 0.15) is 0 Å². The number of carbonyl (C=O) groups excluding carboxylic acids is 1. The number of nitrogens with one attached hydrogen (secondary N) is 2. The topological polar surface area (TPSA) is 68.2 Å². The van der Waals surface area contributed by atoms with Crippen LogP contribution in [0.2, 0.25) is 0 Å². The number of ether oxygens (including phenoxy) is 1. The maximum Gasteiger partial charge on any atom is 0.221 e. The van der Waals surface area contributed by atoms with E-state index in [1.54, 1.807) is 13.4 Å². The summed E-state index contributed by atoms with van der Waals surface area (Å²) >= 11 is 0. The molecule has 1 aromatic heterocycles. The van der Waals surface area contributed by atoms with Gasteiger partial charge in [-0.2, -0.15) is 0 Å². The van der Waals surface area contributed by atoms with Crippen LogP contribution in [0.4, 0.5) is 0 Å². The summed E-state index contributed by atoms with van der Waals surface area (Å²) in [4.78, 5) is 15.6. The minimum atomic E-state index is 0.0372. The van der Waals surface area contributed by atoms with Gasteiger partial charge in [-0.1, -0.05) is 6.92 Å². The highest BCUT2D eigenvalue weighted by Gasteiger charge is 2.04. The van der Waals surface area contributed by atoms with Gasteiger partial charge in [-0.15, -0.1) is 0 Å². The third-order valence-electron chi connectivity index (χ3n) is 2.56. The first kappa shape index (κ1) is 14.7. The number of amides is 1. The molecule has 6 heteroatoms. The van der Waals surface area contributed by atoms with E-state index in [0.717, 1.165) is 18.8 Å². The molecule has 0 aromatic carbocycles. The zero-order valence-electron chi connectivity index (χ0n) is 11.1. The Bertz CT molecular complexity index is 352. The third kappa shape index (κ3) is 5.29. The molecule has 0 unspecified atom stereocenters. The van der Waals surface area contributed by atoms with Crippen molar-refractivity contribution in [2.45, 2.75) is 26.4 Å². The fourth-order valence-electron chi connectivity index (χ4n) is 1.55. The summed E-state index contributed by atoms with van der Waals surface area (Å²) in [6, 6.07) is 0. The molecule has 102 valence electrons. The minimum absolute atomic E-state index is 0.0372. The van der Waals surface area contributed by atoms with E-state index in [1.165, 1.54) is 0 Å². The standard InChI is InChI=1S/C12H22N4O2/c1-3-13-8-11-9-14-10-16(11)6-4-12(17)15-5-7-18-2/h9-10,13H,3-8H2,1-2H3,(H,15,17). The van der Waals surface area contributed by atoms with Crippen LogP contribution in [0.5, 0.6) is 0 Å². The fourth-order valence-corrected chi connectivity index (χ4v) is 1.55. The SMILES string of the molecule is CCNCc1cncn1CCC(=O)NCCOC. The van der Waals surface area contributed by atoms with Gasteiger partial charge >= 0.3 is 0 Å². The summed E-state index contributed by atoms with van der Waals surface area (Å²) in [5, 5.41) is 6.04. The average Bonchev–Trinajstić information content (AvgIpc) is 2.81. The number of hydrogen-bond donors (Lipinski definition) is 2. The molecule has 0 aliphatic heterocycles. The van der Waals surface area contributed by atoms with E-state index < -0.39 is 0 Å². The quantitative estimate of drug-likeness (QED) is 0.615.